The molecule has 0 atom stereocenters. The molecule has 2 aromatic heterocycles. The quantitative estimate of drug-likeness (QED) is 0.545. The fourth-order valence-corrected chi connectivity index (χ4v) is 3.72. The summed E-state index contributed by atoms with van der Waals surface area (Å²) in [7, 11) is 3.15. The highest BCUT2D eigenvalue weighted by Gasteiger charge is 2.13. The topological polar surface area (TPSA) is 65.7 Å². The minimum absolute atomic E-state index is 0.203. The monoisotopic (exact) mass is 379 g/mol. The third kappa shape index (κ3) is 3.06. The van der Waals surface area contributed by atoms with Gasteiger partial charge in [-0.3, -0.25) is 4.79 Å². The lowest BCUT2D eigenvalue weighted by atomic mass is 10.1. The van der Waals surface area contributed by atoms with Gasteiger partial charge in [0.1, 0.15) is 0 Å². The van der Waals surface area contributed by atoms with E-state index in [2.05, 4.69) is 10.1 Å². The summed E-state index contributed by atoms with van der Waals surface area (Å²) < 4.78 is 12.6. The molecule has 27 heavy (non-hydrogen) atoms. The first-order valence-corrected chi connectivity index (χ1v) is 9.11. The molecule has 136 valence electrons. The first-order valence-electron chi connectivity index (χ1n) is 8.30. The standard InChI is InChI=1S/C20H17N3O3S/c1-12-7-9-13(10-8-12)18-21-20-23(22-18)19(24)16(27-20)11-14-5-4-6-15(25-2)17(14)26-3/h4-11H,1-3H3. The van der Waals surface area contributed by atoms with Crippen molar-refractivity contribution in [2.75, 3.05) is 14.2 Å². The van der Waals surface area contributed by atoms with Crippen LogP contribution in [0.4, 0.5) is 0 Å². The second-order valence-corrected chi connectivity index (χ2v) is 7.00. The van der Waals surface area contributed by atoms with Gasteiger partial charge in [0.15, 0.2) is 17.3 Å². The van der Waals surface area contributed by atoms with Crippen LogP contribution < -0.4 is 19.6 Å². The maximum absolute atomic E-state index is 12.8. The van der Waals surface area contributed by atoms with Crippen LogP contribution in [0.25, 0.3) is 22.4 Å². The van der Waals surface area contributed by atoms with E-state index in [-0.39, 0.29) is 5.56 Å². The van der Waals surface area contributed by atoms with Crippen LogP contribution in [0.2, 0.25) is 0 Å². The summed E-state index contributed by atoms with van der Waals surface area (Å²) in [5.41, 5.74) is 2.60. The minimum atomic E-state index is -0.203. The van der Waals surface area contributed by atoms with E-state index in [9.17, 15) is 4.79 Å². The van der Waals surface area contributed by atoms with Crippen LogP contribution in [0.5, 0.6) is 11.5 Å². The molecule has 0 spiro atoms. The zero-order valence-electron chi connectivity index (χ0n) is 15.1. The fraction of sp³-hybridized carbons (Fsp3) is 0.150. The van der Waals surface area contributed by atoms with Crippen LogP contribution in [-0.4, -0.2) is 28.8 Å². The minimum Gasteiger partial charge on any atom is -0.493 e. The van der Waals surface area contributed by atoms with Gasteiger partial charge in [0.2, 0.25) is 4.96 Å². The van der Waals surface area contributed by atoms with Gasteiger partial charge in [0.05, 0.1) is 18.8 Å². The number of rotatable bonds is 4. The van der Waals surface area contributed by atoms with Gasteiger partial charge < -0.3 is 9.47 Å². The Balaban J connectivity index is 1.82. The highest BCUT2D eigenvalue weighted by atomic mass is 32.1. The summed E-state index contributed by atoms with van der Waals surface area (Å²) in [5.74, 6) is 1.74. The Hall–Kier alpha value is -3.19. The van der Waals surface area contributed by atoms with E-state index >= 15 is 0 Å². The zero-order valence-corrected chi connectivity index (χ0v) is 15.9. The van der Waals surface area contributed by atoms with Gasteiger partial charge in [-0.25, -0.2) is 0 Å². The molecule has 2 heterocycles. The van der Waals surface area contributed by atoms with Crippen molar-refractivity contribution in [1.82, 2.24) is 14.6 Å². The summed E-state index contributed by atoms with van der Waals surface area (Å²) in [6, 6.07) is 13.4. The first-order chi connectivity index (χ1) is 13.1. The van der Waals surface area contributed by atoms with Crippen molar-refractivity contribution in [3.05, 3.63) is 68.5 Å². The molecule has 4 aromatic rings. The lowest BCUT2D eigenvalue weighted by Crippen LogP contribution is -2.23. The van der Waals surface area contributed by atoms with E-state index in [1.165, 1.54) is 15.9 Å². The Morgan fingerprint density at radius 3 is 2.52 bits per heavy atom. The number of ether oxygens (including phenoxy) is 2. The lowest BCUT2D eigenvalue weighted by molar-refractivity contribution is 0.354. The van der Waals surface area contributed by atoms with E-state index in [0.717, 1.165) is 16.7 Å². The zero-order chi connectivity index (χ0) is 19.0. The van der Waals surface area contributed by atoms with Crippen LogP contribution in [0.3, 0.4) is 0 Å². The van der Waals surface area contributed by atoms with Crippen molar-refractivity contribution in [3.63, 3.8) is 0 Å². The summed E-state index contributed by atoms with van der Waals surface area (Å²) in [6.07, 6.45) is 1.77. The van der Waals surface area contributed by atoms with Gasteiger partial charge in [0.25, 0.3) is 5.56 Å². The van der Waals surface area contributed by atoms with Crippen molar-refractivity contribution >= 4 is 22.4 Å². The Labute approximate surface area is 159 Å². The molecule has 0 amide bonds. The number of aryl methyl sites for hydroxylation is 1. The molecule has 0 fully saturated rings. The Bertz CT molecular complexity index is 1230. The predicted octanol–water partition coefficient (Wildman–Crippen LogP) is 2.69. The van der Waals surface area contributed by atoms with Crippen LogP contribution in [0.15, 0.2) is 47.3 Å². The van der Waals surface area contributed by atoms with Gasteiger partial charge in [-0.15, -0.1) is 5.10 Å². The molecule has 0 saturated carbocycles. The van der Waals surface area contributed by atoms with Gasteiger partial charge in [0, 0.05) is 11.1 Å². The van der Waals surface area contributed by atoms with Crippen molar-refractivity contribution in [2.24, 2.45) is 0 Å². The average Bonchev–Trinajstić information content (AvgIpc) is 3.22. The molecular formula is C20H17N3O3S. The number of methoxy groups -OCH3 is 2. The van der Waals surface area contributed by atoms with Crippen molar-refractivity contribution in [1.29, 1.82) is 0 Å². The molecule has 2 aromatic carbocycles. The smallest absolute Gasteiger partial charge is 0.291 e. The number of benzene rings is 2. The molecule has 0 radical (unpaired) electrons. The third-order valence-electron chi connectivity index (χ3n) is 4.21. The predicted molar refractivity (Wildman–Crippen MR) is 106 cm³/mol. The highest BCUT2D eigenvalue weighted by molar-refractivity contribution is 7.15. The summed E-state index contributed by atoms with van der Waals surface area (Å²) in [6.45, 7) is 2.02. The molecule has 0 aliphatic carbocycles. The summed E-state index contributed by atoms with van der Waals surface area (Å²) >= 11 is 1.29. The van der Waals surface area contributed by atoms with Crippen LogP contribution in [-0.2, 0) is 0 Å². The molecule has 0 aliphatic heterocycles. The summed E-state index contributed by atoms with van der Waals surface area (Å²) in [4.78, 5) is 17.8. The van der Waals surface area contributed by atoms with Crippen molar-refractivity contribution in [3.8, 4) is 22.9 Å². The van der Waals surface area contributed by atoms with E-state index in [0.29, 0.717) is 26.8 Å². The van der Waals surface area contributed by atoms with Crippen LogP contribution in [0.1, 0.15) is 11.1 Å². The number of fused-ring (bicyclic) bond motifs is 1. The Kier molecular flexibility index (Phi) is 4.37. The van der Waals surface area contributed by atoms with Crippen molar-refractivity contribution in [2.45, 2.75) is 6.92 Å². The molecule has 0 bridgehead atoms. The molecule has 6 nitrogen and oxygen atoms in total. The van der Waals surface area contributed by atoms with Crippen LogP contribution >= 0.6 is 11.3 Å². The first kappa shape index (κ1) is 17.2. The number of nitrogens with zero attached hydrogens (tertiary/aromatic N) is 3. The van der Waals surface area contributed by atoms with E-state index in [1.54, 1.807) is 20.3 Å². The molecule has 0 N–H and O–H groups in total. The number of hydrogen-bond donors (Lipinski definition) is 0. The van der Waals surface area contributed by atoms with Crippen LogP contribution in [0, 0.1) is 6.92 Å². The molecule has 0 unspecified atom stereocenters. The molecule has 4 rings (SSSR count). The number of aromatic nitrogens is 3. The lowest BCUT2D eigenvalue weighted by Gasteiger charge is -2.09. The summed E-state index contributed by atoms with van der Waals surface area (Å²) in [5, 5.41) is 4.38. The Morgan fingerprint density at radius 2 is 1.85 bits per heavy atom. The van der Waals surface area contributed by atoms with E-state index in [1.807, 2.05) is 49.4 Å². The van der Waals surface area contributed by atoms with Gasteiger partial charge >= 0.3 is 0 Å². The van der Waals surface area contributed by atoms with Crippen molar-refractivity contribution < 1.29 is 9.47 Å². The number of thiazole rings is 1. The fourth-order valence-electron chi connectivity index (χ4n) is 2.83. The molecular weight excluding hydrogens is 362 g/mol. The average molecular weight is 379 g/mol. The largest absolute Gasteiger partial charge is 0.493 e. The second kappa shape index (κ2) is 6.85. The normalized spacial score (nSPS) is 11.9. The molecule has 0 aliphatic rings. The van der Waals surface area contributed by atoms with Gasteiger partial charge in [-0.05, 0) is 19.1 Å². The SMILES string of the molecule is COc1cccc(C=c2sc3nc(-c4ccc(C)cc4)nn3c2=O)c1OC. The Morgan fingerprint density at radius 1 is 1.07 bits per heavy atom. The van der Waals surface area contributed by atoms with E-state index < -0.39 is 0 Å². The number of para-hydroxylation sites is 1. The van der Waals surface area contributed by atoms with Gasteiger partial charge in [-0.1, -0.05) is 53.3 Å². The highest BCUT2D eigenvalue weighted by Crippen LogP contribution is 2.31. The second-order valence-electron chi connectivity index (χ2n) is 5.99. The third-order valence-corrected chi connectivity index (χ3v) is 5.17. The van der Waals surface area contributed by atoms with Gasteiger partial charge in [-0.2, -0.15) is 9.50 Å². The maximum atomic E-state index is 12.8. The molecule has 7 heteroatoms. The van der Waals surface area contributed by atoms with E-state index in [4.69, 9.17) is 9.47 Å². The maximum Gasteiger partial charge on any atom is 0.291 e. The molecule has 0 saturated heterocycles. The number of hydrogen-bond acceptors (Lipinski definition) is 6.